The molecule has 2 aliphatic rings. The summed E-state index contributed by atoms with van der Waals surface area (Å²) in [6, 6.07) is 12.5. The van der Waals surface area contributed by atoms with Crippen LogP contribution in [0.25, 0.3) is 0 Å². The zero-order valence-corrected chi connectivity index (χ0v) is 14.4. The van der Waals surface area contributed by atoms with Crippen LogP contribution in [0.3, 0.4) is 0 Å². The van der Waals surface area contributed by atoms with Crippen LogP contribution in [0.15, 0.2) is 30.3 Å². The second-order valence-electron chi connectivity index (χ2n) is 7.73. The van der Waals surface area contributed by atoms with Gasteiger partial charge in [-0.15, -0.1) is 0 Å². The van der Waals surface area contributed by atoms with Crippen molar-refractivity contribution in [2.24, 2.45) is 11.3 Å². The summed E-state index contributed by atoms with van der Waals surface area (Å²) in [4.78, 5) is 0. The molecule has 2 saturated heterocycles. The topological polar surface area (TPSA) is 9.23 Å². The molecule has 20 heavy (non-hydrogen) atoms. The van der Waals surface area contributed by atoms with Gasteiger partial charge in [-0.25, -0.2) is 0 Å². The molecule has 0 radical (unpaired) electrons. The smallest absolute Gasteiger partial charge is 0.228 e. The monoisotopic (exact) mass is 288 g/mol. The van der Waals surface area contributed by atoms with Crippen molar-refractivity contribution >= 4 is 13.5 Å². The van der Waals surface area contributed by atoms with Crippen molar-refractivity contribution in [2.75, 3.05) is 0 Å². The van der Waals surface area contributed by atoms with E-state index in [0.717, 1.165) is 11.5 Å². The normalized spacial score (nSPS) is 37.1. The van der Waals surface area contributed by atoms with Crippen LogP contribution in [-0.4, -0.2) is 14.4 Å². The molecule has 1 aromatic rings. The third-order valence-corrected chi connectivity index (χ3v) is 10.5. The number of hydrogen-bond donors (Lipinski definition) is 0. The lowest BCUT2D eigenvalue weighted by atomic mass is 9.78. The first-order chi connectivity index (χ1) is 9.49. The molecule has 4 atom stereocenters. The molecule has 0 unspecified atom stereocenters. The molecule has 0 spiro atoms. The zero-order chi connectivity index (χ0) is 14.4. The molecule has 1 nitrogen and oxygen atoms in total. The molecule has 0 bridgehead atoms. The summed E-state index contributed by atoms with van der Waals surface area (Å²) >= 11 is 0. The van der Waals surface area contributed by atoms with Gasteiger partial charge in [0.15, 0.2) is 0 Å². The minimum absolute atomic E-state index is 0.264. The Morgan fingerprint density at radius 3 is 2.50 bits per heavy atom. The van der Waals surface area contributed by atoms with Crippen LogP contribution in [0, 0.1) is 11.3 Å². The van der Waals surface area contributed by atoms with Crippen molar-refractivity contribution in [2.45, 2.75) is 64.6 Å². The van der Waals surface area contributed by atoms with Crippen molar-refractivity contribution in [3.63, 3.8) is 0 Å². The maximum absolute atomic E-state index is 6.97. The minimum atomic E-state index is -1.73. The third-order valence-electron chi connectivity index (χ3n) is 5.49. The second-order valence-corrected chi connectivity index (χ2v) is 11.6. The van der Waals surface area contributed by atoms with Gasteiger partial charge in [0, 0.05) is 0 Å². The van der Waals surface area contributed by atoms with Crippen LogP contribution >= 0.6 is 0 Å². The Hall–Kier alpha value is -0.603. The molecule has 110 valence electrons. The quantitative estimate of drug-likeness (QED) is 0.729. The number of hydrogen-bond acceptors (Lipinski definition) is 1. The molecule has 0 aliphatic carbocycles. The van der Waals surface area contributed by atoms with Crippen LogP contribution in [-0.2, 0) is 4.43 Å². The van der Waals surface area contributed by atoms with Gasteiger partial charge < -0.3 is 4.43 Å². The fraction of sp³-hybridized carbons (Fsp3) is 0.667. The fourth-order valence-corrected chi connectivity index (χ4v) is 10.5. The van der Waals surface area contributed by atoms with E-state index in [0.29, 0.717) is 6.10 Å². The van der Waals surface area contributed by atoms with Gasteiger partial charge in [-0.2, -0.15) is 0 Å². The highest BCUT2D eigenvalue weighted by atomic mass is 28.4. The van der Waals surface area contributed by atoms with Crippen molar-refractivity contribution in [3.8, 4) is 0 Å². The highest BCUT2D eigenvalue weighted by Crippen LogP contribution is 2.56. The average Bonchev–Trinajstić information content (AvgIpc) is 2.95. The summed E-state index contributed by atoms with van der Waals surface area (Å²) in [5, 5.41) is 1.55. The molecule has 0 amide bonds. The van der Waals surface area contributed by atoms with Gasteiger partial charge in [-0.05, 0) is 28.1 Å². The largest absolute Gasteiger partial charge is 0.408 e. The Bertz CT molecular complexity index is 464. The first kappa shape index (κ1) is 14.3. The van der Waals surface area contributed by atoms with E-state index in [1.165, 1.54) is 25.3 Å². The van der Waals surface area contributed by atoms with E-state index in [-0.39, 0.29) is 5.41 Å². The number of benzene rings is 1. The summed E-state index contributed by atoms with van der Waals surface area (Å²) < 4.78 is 6.97. The van der Waals surface area contributed by atoms with Crippen molar-refractivity contribution in [1.82, 2.24) is 0 Å². The van der Waals surface area contributed by atoms with Crippen molar-refractivity contribution in [1.29, 1.82) is 0 Å². The van der Waals surface area contributed by atoms with Crippen LogP contribution < -0.4 is 5.19 Å². The maximum atomic E-state index is 6.97. The molecule has 3 rings (SSSR count). The van der Waals surface area contributed by atoms with Crippen molar-refractivity contribution in [3.05, 3.63) is 30.3 Å². The van der Waals surface area contributed by atoms with Crippen molar-refractivity contribution < 1.29 is 4.43 Å². The first-order valence-electron chi connectivity index (χ1n) is 8.22. The van der Waals surface area contributed by atoms with Gasteiger partial charge in [-0.3, -0.25) is 0 Å². The number of rotatable bonds is 2. The lowest BCUT2D eigenvalue weighted by Crippen LogP contribution is -2.49. The van der Waals surface area contributed by atoms with Gasteiger partial charge >= 0.3 is 0 Å². The Balaban J connectivity index is 2.02. The summed E-state index contributed by atoms with van der Waals surface area (Å²) in [5.41, 5.74) is 1.11. The van der Waals surface area contributed by atoms with Crippen LogP contribution in [0.2, 0.25) is 11.6 Å². The standard InChI is InChI=1S/C18H28OSi/c1-5-15-16-12-9-13-20(16,14-10-7-6-8-11-14)19-17(15)18(2,3)4/h6-8,10-11,15-17H,5,9,12-13H2,1-4H3/t15-,16-,17-,20+/m0/s1. The first-order valence-corrected chi connectivity index (χ1v) is 10.4. The second kappa shape index (κ2) is 4.99. The average molecular weight is 289 g/mol. The van der Waals surface area contributed by atoms with E-state index in [4.69, 9.17) is 4.43 Å². The highest BCUT2D eigenvalue weighted by Gasteiger charge is 2.61. The predicted octanol–water partition coefficient (Wildman–Crippen LogP) is 4.47. The summed E-state index contributed by atoms with van der Waals surface area (Å²) in [6.45, 7) is 9.43. The van der Waals surface area contributed by atoms with Crippen LogP contribution in [0.4, 0.5) is 0 Å². The molecule has 0 N–H and O–H groups in total. The molecule has 2 aliphatic heterocycles. The van der Waals surface area contributed by atoms with Gasteiger partial charge in [0.2, 0.25) is 8.32 Å². The molecule has 2 heterocycles. The molecular weight excluding hydrogens is 260 g/mol. The van der Waals surface area contributed by atoms with Gasteiger partial charge in [0.05, 0.1) is 6.10 Å². The Kier molecular flexibility index (Phi) is 3.58. The maximum Gasteiger partial charge on any atom is 0.228 e. The number of fused-ring (bicyclic) bond motifs is 1. The van der Waals surface area contributed by atoms with Gasteiger partial charge in [0.25, 0.3) is 0 Å². The lowest BCUT2D eigenvalue weighted by Gasteiger charge is -2.34. The summed E-state index contributed by atoms with van der Waals surface area (Å²) in [6.07, 6.45) is 4.49. The molecule has 2 fully saturated rings. The molecule has 2 heteroatoms. The fourth-order valence-electron chi connectivity index (χ4n) is 4.70. The lowest BCUT2D eigenvalue weighted by molar-refractivity contribution is 0.0567. The minimum Gasteiger partial charge on any atom is -0.408 e. The Morgan fingerprint density at radius 2 is 1.90 bits per heavy atom. The van der Waals surface area contributed by atoms with E-state index in [9.17, 15) is 0 Å². The van der Waals surface area contributed by atoms with E-state index < -0.39 is 8.32 Å². The van der Waals surface area contributed by atoms with E-state index in [1.807, 2.05) is 0 Å². The zero-order valence-electron chi connectivity index (χ0n) is 13.4. The highest BCUT2D eigenvalue weighted by molar-refractivity contribution is 6.89. The Labute approximate surface area is 124 Å². The molecular formula is C18H28OSi. The summed E-state index contributed by atoms with van der Waals surface area (Å²) in [7, 11) is -1.73. The molecule has 1 aromatic carbocycles. The van der Waals surface area contributed by atoms with E-state index in [2.05, 4.69) is 58.0 Å². The third kappa shape index (κ3) is 2.08. The SMILES string of the molecule is CC[C@@H]1[C@@H](C(C)(C)C)O[Si@@]2(c3ccccc3)CCC[C@@H]12. The predicted molar refractivity (Wildman–Crippen MR) is 87.7 cm³/mol. The van der Waals surface area contributed by atoms with E-state index >= 15 is 0 Å². The van der Waals surface area contributed by atoms with Crippen LogP contribution in [0.1, 0.15) is 47.0 Å². The van der Waals surface area contributed by atoms with Gasteiger partial charge in [-0.1, -0.05) is 77.3 Å². The summed E-state index contributed by atoms with van der Waals surface area (Å²) in [5.74, 6) is 0.768. The van der Waals surface area contributed by atoms with Crippen LogP contribution in [0.5, 0.6) is 0 Å². The van der Waals surface area contributed by atoms with E-state index in [1.54, 1.807) is 5.19 Å². The molecule has 0 saturated carbocycles. The Morgan fingerprint density at radius 1 is 1.20 bits per heavy atom. The molecule has 0 aromatic heterocycles. The van der Waals surface area contributed by atoms with Gasteiger partial charge in [0.1, 0.15) is 0 Å².